The van der Waals surface area contributed by atoms with Crippen LogP contribution in [-0.4, -0.2) is 36.1 Å². The van der Waals surface area contributed by atoms with Gasteiger partial charge in [0, 0.05) is 20.3 Å². The molecule has 29 heavy (non-hydrogen) atoms. The normalized spacial score (nSPS) is 15.9. The van der Waals surface area contributed by atoms with Crippen molar-refractivity contribution in [2.75, 3.05) is 25.6 Å². The highest BCUT2D eigenvalue weighted by molar-refractivity contribution is 7.20. The zero-order valence-electron chi connectivity index (χ0n) is 16.8. The molecule has 3 aromatic rings. The third-order valence-electron chi connectivity index (χ3n) is 5.42. The lowest BCUT2D eigenvalue weighted by atomic mass is 9.87. The smallest absolute Gasteiger partial charge is 0.261 e. The van der Waals surface area contributed by atoms with Crippen LogP contribution >= 0.6 is 11.3 Å². The Morgan fingerprint density at radius 3 is 3.03 bits per heavy atom. The van der Waals surface area contributed by atoms with E-state index in [-0.39, 0.29) is 11.9 Å². The standard InChI is InChI=1S/C22H26N4O2S/c1-14-18-20(26-17-10-5-8-15-7-3-4-9-16(15)17)24-13-25-22(18)29-19(14)21(27)23-11-6-12-28-2/h3-4,7,9,13,17H,5-6,8,10-12H2,1-2H3,(H,23,27)(H,24,25,26)/t17-/m1/s1. The van der Waals surface area contributed by atoms with Gasteiger partial charge in [0.1, 0.15) is 17.0 Å². The number of carbonyl (C=O) groups is 1. The monoisotopic (exact) mass is 410 g/mol. The zero-order chi connectivity index (χ0) is 20.2. The SMILES string of the molecule is COCCCNC(=O)c1sc2ncnc(N[C@@H]3CCCc4ccccc43)c2c1C. The van der Waals surface area contributed by atoms with Gasteiger partial charge < -0.3 is 15.4 Å². The number of thiophene rings is 1. The van der Waals surface area contributed by atoms with Crippen molar-refractivity contribution in [1.82, 2.24) is 15.3 Å². The number of rotatable bonds is 7. The summed E-state index contributed by atoms with van der Waals surface area (Å²) in [4.78, 5) is 23.1. The van der Waals surface area contributed by atoms with Gasteiger partial charge in [-0.1, -0.05) is 24.3 Å². The number of methoxy groups -OCH3 is 1. The highest BCUT2D eigenvalue weighted by Gasteiger charge is 2.23. The van der Waals surface area contributed by atoms with Crippen molar-refractivity contribution >= 4 is 33.3 Å². The molecule has 0 bridgehead atoms. The highest BCUT2D eigenvalue weighted by atomic mass is 32.1. The van der Waals surface area contributed by atoms with Gasteiger partial charge in [-0.3, -0.25) is 4.79 Å². The maximum absolute atomic E-state index is 12.7. The van der Waals surface area contributed by atoms with Crippen LogP contribution in [0.2, 0.25) is 0 Å². The zero-order valence-corrected chi connectivity index (χ0v) is 17.6. The Morgan fingerprint density at radius 2 is 2.17 bits per heavy atom. The second kappa shape index (κ2) is 8.88. The summed E-state index contributed by atoms with van der Waals surface area (Å²) in [5.74, 6) is 0.749. The van der Waals surface area contributed by atoms with Crippen LogP contribution in [0.1, 0.15) is 51.7 Å². The maximum atomic E-state index is 12.7. The van der Waals surface area contributed by atoms with Gasteiger partial charge in [0.25, 0.3) is 5.91 Å². The van der Waals surface area contributed by atoms with Crippen LogP contribution in [-0.2, 0) is 11.2 Å². The van der Waals surface area contributed by atoms with Gasteiger partial charge >= 0.3 is 0 Å². The van der Waals surface area contributed by atoms with E-state index in [4.69, 9.17) is 4.74 Å². The van der Waals surface area contributed by atoms with E-state index in [0.29, 0.717) is 18.0 Å². The minimum atomic E-state index is -0.0597. The lowest BCUT2D eigenvalue weighted by Crippen LogP contribution is -2.24. The summed E-state index contributed by atoms with van der Waals surface area (Å²) in [7, 11) is 1.66. The van der Waals surface area contributed by atoms with Crippen LogP contribution in [0.3, 0.4) is 0 Å². The molecule has 4 rings (SSSR count). The van der Waals surface area contributed by atoms with Crippen molar-refractivity contribution in [2.45, 2.75) is 38.6 Å². The number of amides is 1. The molecule has 6 nitrogen and oxygen atoms in total. The fraction of sp³-hybridized carbons (Fsp3) is 0.409. The number of aryl methyl sites for hydroxylation is 2. The molecule has 0 fully saturated rings. The molecule has 2 aromatic heterocycles. The molecule has 0 unspecified atom stereocenters. The van der Waals surface area contributed by atoms with Crippen molar-refractivity contribution < 1.29 is 9.53 Å². The maximum Gasteiger partial charge on any atom is 0.261 e. The Hall–Kier alpha value is -2.51. The van der Waals surface area contributed by atoms with E-state index in [2.05, 4.69) is 44.9 Å². The summed E-state index contributed by atoms with van der Waals surface area (Å²) in [5, 5.41) is 7.56. The van der Waals surface area contributed by atoms with Gasteiger partial charge in [-0.05, 0) is 49.3 Å². The molecule has 1 aromatic carbocycles. The lowest BCUT2D eigenvalue weighted by Gasteiger charge is -2.27. The third-order valence-corrected chi connectivity index (χ3v) is 6.62. The second-order valence-corrected chi connectivity index (χ2v) is 8.35. The van der Waals surface area contributed by atoms with E-state index >= 15 is 0 Å². The van der Waals surface area contributed by atoms with Crippen molar-refractivity contribution in [3.05, 3.63) is 52.2 Å². The number of carbonyl (C=O) groups excluding carboxylic acids is 1. The topological polar surface area (TPSA) is 76.1 Å². The Balaban J connectivity index is 1.60. The minimum Gasteiger partial charge on any atom is -0.385 e. The van der Waals surface area contributed by atoms with Crippen LogP contribution in [0.4, 0.5) is 5.82 Å². The molecular weight excluding hydrogens is 384 g/mol. The first-order chi connectivity index (χ1) is 14.2. The first kappa shape index (κ1) is 19.8. The quantitative estimate of drug-likeness (QED) is 0.569. The number of hydrogen-bond acceptors (Lipinski definition) is 6. The van der Waals surface area contributed by atoms with E-state index in [0.717, 1.165) is 47.3 Å². The van der Waals surface area contributed by atoms with Crippen molar-refractivity contribution in [3.8, 4) is 0 Å². The number of fused-ring (bicyclic) bond motifs is 2. The predicted octanol–water partition coefficient (Wildman–Crippen LogP) is 4.26. The van der Waals surface area contributed by atoms with Crippen molar-refractivity contribution in [3.63, 3.8) is 0 Å². The molecule has 0 spiro atoms. The Labute approximate surface area is 174 Å². The van der Waals surface area contributed by atoms with Gasteiger partial charge in [0.15, 0.2) is 0 Å². The molecule has 2 heterocycles. The van der Waals surface area contributed by atoms with E-state index in [1.54, 1.807) is 13.4 Å². The number of anilines is 1. The molecule has 0 aliphatic heterocycles. The number of aromatic nitrogens is 2. The summed E-state index contributed by atoms with van der Waals surface area (Å²) in [5.41, 5.74) is 3.68. The lowest BCUT2D eigenvalue weighted by molar-refractivity contribution is 0.0952. The van der Waals surface area contributed by atoms with Gasteiger partial charge in [-0.2, -0.15) is 0 Å². The molecule has 0 saturated carbocycles. The third kappa shape index (κ3) is 4.11. The summed E-state index contributed by atoms with van der Waals surface area (Å²) < 4.78 is 5.04. The van der Waals surface area contributed by atoms with Crippen LogP contribution in [0.25, 0.3) is 10.2 Å². The first-order valence-electron chi connectivity index (χ1n) is 10.0. The van der Waals surface area contributed by atoms with Crippen molar-refractivity contribution in [2.24, 2.45) is 0 Å². The van der Waals surface area contributed by atoms with E-state index in [9.17, 15) is 4.79 Å². The van der Waals surface area contributed by atoms with E-state index in [1.807, 2.05) is 6.92 Å². The molecule has 152 valence electrons. The van der Waals surface area contributed by atoms with Gasteiger partial charge in [0.05, 0.1) is 16.3 Å². The molecule has 1 aliphatic rings. The summed E-state index contributed by atoms with van der Waals surface area (Å²) in [6, 6.07) is 8.83. The average molecular weight is 411 g/mol. The summed E-state index contributed by atoms with van der Waals surface area (Å²) in [6.45, 7) is 3.20. The van der Waals surface area contributed by atoms with Crippen LogP contribution < -0.4 is 10.6 Å². The Kier molecular flexibility index (Phi) is 6.06. The number of nitrogens with zero attached hydrogens (tertiary/aromatic N) is 2. The highest BCUT2D eigenvalue weighted by Crippen LogP contribution is 2.37. The number of nitrogens with one attached hydrogen (secondary N) is 2. The molecule has 1 amide bonds. The Morgan fingerprint density at radius 1 is 1.31 bits per heavy atom. The van der Waals surface area contributed by atoms with E-state index < -0.39 is 0 Å². The van der Waals surface area contributed by atoms with Crippen LogP contribution in [0, 0.1) is 6.92 Å². The summed E-state index contributed by atoms with van der Waals surface area (Å²) in [6.07, 6.45) is 5.72. The van der Waals surface area contributed by atoms with Gasteiger partial charge in [-0.15, -0.1) is 11.3 Å². The molecular formula is C22H26N4O2S. The molecule has 2 N–H and O–H groups in total. The molecule has 7 heteroatoms. The fourth-order valence-corrected chi connectivity index (χ4v) is 5.03. The van der Waals surface area contributed by atoms with Crippen LogP contribution in [0.5, 0.6) is 0 Å². The predicted molar refractivity (Wildman–Crippen MR) is 117 cm³/mol. The van der Waals surface area contributed by atoms with Gasteiger partial charge in [0.2, 0.25) is 0 Å². The first-order valence-corrected chi connectivity index (χ1v) is 10.9. The van der Waals surface area contributed by atoms with Crippen LogP contribution in [0.15, 0.2) is 30.6 Å². The van der Waals surface area contributed by atoms with Crippen molar-refractivity contribution in [1.29, 1.82) is 0 Å². The van der Waals surface area contributed by atoms with E-state index in [1.165, 1.54) is 22.5 Å². The number of benzene rings is 1. The minimum absolute atomic E-state index is 0.0597. The average Bonchev–Trinajstić information content (AvgIpc) is 3.09. The molecule has 1 aliphatic carbocycles. The Bertz CT molecular complexity index is 1020. The largest absolute Gasteiger partial charge is 0.385 e. The summed E-state index contributed by atoms with van der Waals surface area (Å²) >= 11 is 1.42. The molecule has 0 radical (unpaired) electrons. The number of ether oxygens (including phenoxy) is 1. The fourth-order valence-electron chi connectivity index (χ4n) is 3.97. The number of hydrogen-bond donors (Lipinski definition) is 2. The second-order valence-electron chi connectivity index (χ2n) is 7.35. The molecule has 1 atom stereocenters. The molecule has 0 saturated heterocycles. The van der Waals surface area contributed by atoms with Gasteiger partial charge in [-0.25, -0.2) is 9.97 Å².